The molecule has 0 aliphatic heterocycles. The monoisotopic (exact) mass is 189 g/mol. The van der Waals surface area contributed by atoms with Crippen LogP contribution in [0.2, 0.25) is 0 Å². The number of thiophene rings is 1. The molecule has 1 aromatic heterocycles. The Balaban J connectivity index is 3.07. The molecule has 0 fully saturated rings. The number of hydrogen-bond donors (Lipinski definition) is 1. The lowest BCUT2D eigenvalue weighted by atomic mass is 10.5. The Morgan fingerprint density at radius 3 is 2.64 bits per heavy atom. The van der Waals surface area contributed by atoms with Gasteiger partial charge in [-0.15, -0.1) is 11.3 Å². The van der Waals surface area contributed by atoms with Crippen molar-refractivity contribution in [3.63, 3.8) is 0 Å². The van der Waals surface area contributed by atoms with Gasteiger partial charge in [-0.05, 0) is 11.4 Å². The number of sulfonamides is 1. The van der Waals surface area contributed by atoms with Gasteiger partial charge in [-0.25, -0.2) is 13.6 Å². The molecule has 0 saturated carbocycles. The maximum Gasteiger partial charge on any atom is 0.238 e. The number of rotatable bonds is 2. The van der Waals surface area contributed by atoms with Crippen LogP contribution in [0, 0.1) is 0 Å². The third-order valence-electron chi connectivity index (χ3n) is 1.14. The molecular weight excluding hydrogens is 182 g/mol. The fraction of sp³-hybridized carbons (Fsp3) is 0. The third kappa shape index (κ3) is 1.89. The van der Waals surface area contributed by atoms with Crippen LogP contribution < -0.4 is 5.14 Å². The summed E-state index contributed by atoms with van der Waals surface area (Å²) in [6.07, 6.45) is 0. The number of hydrogen-bond acceptors (Lipinski definition) is 3. The van der Waals surface area contributed by atoms with Gasteiger partial charge < -0.3 is 0 Å². The topological polar surface area (TPSA) is 60.2 Å². The predicted octanol–water partition coefficient (Wildman–Crippen LogP) is 1.01. The molecule has 0 bridgehead atoms. The van der Waals surface area contributed by atoms with E-state index in [1.54, 1.807) is 17.5 Å². The van der Waals surface area contributed by atoms with E-state index in [2.05, 4.69) is 6.58 Å². The first-order valence-corrected chi connectivity index (χ1v) is 5.20. The standard InChI is InChI=1S/C6H7NO2S2/c1-5(11(7,8)9)6-3-2-4-10-6/h2-4H,1H2,(H2,7,8,9). The number of nitrogens with two attached hydrogens (primary N) is 1. The molecule has 0 radical (unpaired) electrons. The molecule has 1 aromatic rings. The van der Waals surface area contributed by atoms with Gasteiger partial charge in [0.2, 0.25) is 10.0 Å². The molecule has 1 rings (SSSR count). The first-order valence-electron chi connectivity index (χ1n) is 2.77. The molecule has 2 N–H and O–H groups in total. The largest absolute Gasteiger partial charge is 0.238 e. The second-order valence-electron chi connectivity index (χ2n) is 1.95. The summed E-state index contributed by atoms with van der Waals surface area (Å²) in [6.45, 7) is 3.37. The summed E-state index contributed by atoms with van der Waals surface area (Å²) in [4.78, 5) is 0.569. The Morgan fingerprint density at radius 1 is 1.64 bits per heavy atom. The van der Waals surface area contributed by atoms with E-state index in [-0.39, 0.29) is 4.91 Å². The van der Waals surface area contributed by atoms with Crippen LogP contribution in [0.25, 0.3) is 4.91 Å². The zero-order valence-electron chi connectivity index (χ0n) is 5.65. The minimum Gasteiger partial charge on any atom is -0.225 e. The Hall–Kier alpha value is -0.650. The van der Waals surface area contributed by atoms with Gasteiger partial charge in [-0.2, -0.15) is 0 Å². The van der Waals surface area contributed by atoms with Crippen molar-refractivity contribution in [3.05, 3.63) is 29.0 Å². The summed E-state index contributed by atoms with van der Waals surface area (Å²) in [6, 6.07) is 3.41. The molecule has 0 atom stereocenters. The van der Waals surface area contributed by atoms with Crippen molar-refractivity contribution in [2.24, 2.45) is 5.14 Å². The Morgan fingerprint density at radius 2 is 2.27 bits per heavy atom. The van der Waals surface area contributed by atoms with Crippen LogP contribution in [0.4, 0.5) is 0 Å². The van der Waals surface area contributed by atoms with E-state index in [4.69, 9.17) is 5.14 Å². The van der Waals surface area contributed by atoms with E-state index < -0.39 is 10.0 Å². The third-order valence-corrected chi connectivity index (χ3v) is 3.11. The lowest BCUT2D eigenvalue weighted by molar-refractivity contribution is 0.607. The molecule has 0 unspecified atom stereocenters. The lowest BCUT2D eigenvalue weighted by Crippen LogP contribution is -2.11. The minimum absolute atomic E-state index is 0.0208. The van der Waals surface area contributed by atoms with Gasteiger partial charge in [0, 0.05) is 4.88 Å². The summed E-state index contributed by atoms with van der Waals surface area (Å²) in [5.74, 6) is 0. The van der Waals surface area contributed by atoms with E-state index in [0.717, 1.165) is 0 Å². The van der Waals surface area contributed by atoms with Gasteiger partial charge in [0.25, 0.3) is 0 Å². The Bertz CT molecular complexity index is 350. The zero-order valence-corrected chi connectivity index (χ0v) is 7.28. The maximum absolute atomic E-state index is 10.7. The lowest BCUT2D eigenvalue weighted by Gasteiger charge is -1.96. The smallest absolute Gasteiger partial charge is 0.225 e. The quantitative estimate of drug-likeness (QED) is 0.754. The fourth-order valence-electron chi connectivity index (χ4n) is 0.577. The first kappa shape index (κ1) is 8.45. The molecule has 11 heavy (non-hydrogen) atoms. The summed E-state index contributed by atoms with van der Waals surface area (Å²) >= 11 is 1.30. The predicted molar refractivity (Wildman–Crippen MR) is 46.5 cm³/mol. The average Bonchev–Trinajstić information content (AvgIpc) is 2.34. The van der Waals surface area contributed by atoms with Crippen LogP contribution >= 0.6 is 11.3 Å². The molecule has 60 valence electrons. The normalized spacial score (nSPS) is 11.4. The zero-order chi connectivity index (χ0) is 8.48. The fourth-order valence-corrected chi connectivity index (χ4v) is 2.01. The Labute approximate surface area is 69.2 Å². The second-order valence-corrected chi connectivity index (χ2v) is 4.48. The van der Waals surface area contributed by atoms with Gasteiger partial charge in [0.05, 0.1) is 4.91 Å². The second kappa shape index (κ2) is 2.77. The van der Waals surface area contributed by atoms with Gasteiger partial charge in [0.1, 0.15) is 0 Å². The van der Waals surface area contributed by atoms with Crippen molar-refractivity contribution in [2.75, 3.05) is 0 Å². The molecule has 0 saturated heterocycles. The molecule has 0 spiro atoms. The molecule has 1 heterocycles. The number of primary sulfonamides is 1. The van der Waals surface area contributed by atoms with Crippen molar-refractivity contribution >= 4 is 26.3 Å². The molecule has 0 aromatic carbocycles. The van der Waals surface area contributed by atoms with E-state index in [9.17, 15) is 8.42 Å². The summed E-state index contributed by atoms with van der Waals surface area (Å²) in [5.41, 5.74) is 0. The van der Waals surface area contributed by atoms with Crippen LogP contribution in [0.5, 0.6) is 0 Å². The average molecular weight is 189 g/mol. The van der Waals surface area contributed by atoms with Crippen molar-refractivity contribution in [2.45, 2.75) is 0 Å². The Kier molecular flexibility index (Phi) is 2.12. The van der Waals surface area contributed by atoms with Gasteiger partial charge in [-0.3, -0.25) is 0 Å². The van der Waals surface area contributed by atoms with Gasteiger partial charge in [0.15, 0.2) is 0 Å². The SMILES string of the molecule is C=C(c1cccs1)S(N)(=O)=O. The highest BCUT2D eigenvalue weighted by Gasteiger charge is 2.11. The molecule has 0 amide bonds. The van der Waals surface area contributed by atoms with Crippen molar-refractivity contribution in [1.82, 2.24) is 0 Å². The molecule has 3 nitrogen and oxygen atoms in total. The van der Waals surface area contributed by atoms with Crippen LogP contribution in [-0.2, 0) is 10.0 Å². The van der Waals surface area contributed by atoms with Gasteiger partial charge >= 0.3 is 0 Å². The van der Waals surface area contributed by atoms with E-state index in [0.29, 0.717) is 4.88 Å². The molecule has 5 heteroatoms. The van der Waals surface area contributed by atoms with Crippen LogP contribution in [0.1, 0.15) is 4.88 Å². The highest BCUT2D eigenvalue weighted by atomic mass is 32.2. The van der Waals surface area contributed by atoms with Crippen molar-refractivity contribution < 1.29 is 8.42 Å². The van der Waals surface area contributed by atoms with E-state index in [1.165, 1.54) is 11.3 Å². The van der Waals surface area contributed by atoms with Gasteiger partial charge in [-0.1, -0.05) is 12.6 Å². The highest BCUT2D eigenvalue weighted by Crippen LogP contribution is 2.20. The van der Waals surface area contributed by atoms with Crippen LogP contribution in [0.3, 0.4) is 0 Å². The van der Waals surface area contributed by atoms with Crippen molar-refractivity contribution in [3.8, 4) is 0 Å². The highest BCUT2D eigenvalue weighted by molar-refractivity contribution is 7.98. The summed E-state index contributed by atoms with van der Waals surface area (Å²) < 4.78 is 21.4. The molecular formula is C6H7NO2S2. The minimum atomic E-state index is -3.61. The van der Waals surface area contributed by atoms with E-state index in [1.807, 2.05) is 0 Å². The van der Waals surface area contributed by atoms with Crippen LogP contribution in [0.15, 0.2) is 24.1 Å². The van der Waals surface area contributed by atoms with Crippen molar-refractivity contribution in [1.29, 1.82) is 0 Å². The molecule has 0 aliphatic rings. The first-order chi connectivity index (χ1) is 5.02. The summed E-state index contributed by atoms with van der Waals surface area (Å²) in [5, 5.41) is 6.62. The summed E-state index contributed by atoms with van der Waals surface area (Å²) in [7, 11) is -3.61. The molecule has 0 aliphatic carbocycles. The maximum atomic E-state index is 10.7. The van der Waals surface area contributed by atoms with E-state index >= 15 is 0 Å². The van der Waals surface area contributed by atoms with Crippen LogP contribution in [-0.4, -0.2) is 8.42 Å².